The first-order chi connectivity index (χ1) is 11.1. The number of likely N-dealkylation sites (N-methyl/N-ethyl adjacent to an activating group) is 1. The number of hydrogen-bond acceptors (Lipinski definition) is 8. The summed E-state index contributed by atoms with van der Waals surface area (Å²) in [5.41, 5.74) is 0. The molecule has 0 aromatic rings. The van der Waals surface area contributed by atoms with Crippen LogP contribution in [0.2, 0.25) is 0 Å². The smallest absolute Gasteiger partial charge is 0.243 e. The van der Waals surface area contributed by atoms with Gasteiger partial charge in [-0.05, 0) is 34.6 Å². The lowest BCUT2D eigenvalue weighted by Crippen LogP contribution is -2.65. The SMILES string of the molecule is C[C@H]1CN[C@@H]([C@@]23O[C@H]4COC(C)(C)O[C@H]4[C@@H]2OC(C)(C)O3)ON1C. The molecule has 0 aromatic carbocycles. The molecular weight excluding hydrogens is 316 g/mol. The van der Waals surface area contributed by atoms with E-state index in [9.17, 15) is 0 Å². The minimum Gasteiger partial charge on any atom is -0.348 e. The van der Waals surface area contributed by atoms with Crippen molar-refractivity contribution in [1.29, 1.82) is 0 Å². The lowest BCUT2D eigenvalue weighted by molar-refractivity contribution is -0.367. The van der Waals surface area contributed by atoms with Crippen molar-refractivity contribution >= 4 is 0 Å². The summed E-state index contributed by atoms with van der Waals surface area (Å²) < 4.78 is 30.6. The second-order valence-corrected chi connectivity index (χ2v) is 8.00. The van der Waals surface area contributed by atoms with Crippen molar-refractivity contribution < 1.29 is 28.5 Å². The van der Waals surface area contributed by atoms with E-state index in [1.165, 1.54) is 0 Å². The summed E-state index contributed by atoms with van der Waals surface area (Å²) in [6, 6.07) is 0.258. The highest BCUT2D eigenvalue weighted by Crippen LogP contribution is 2.51. The predicted molar refractivity (Wildman–Crippen MR) is 82.6 cm³/mol. The fourth-order valence-corrected chi connectivity index (χ4v) is 3.84. The van der Waals surface area contributed by atoms with Crippen LogP contribution in [0.3, 0.4) is 0 Å². The Kier molecular flexibility index (Phi) is 3.81. The summed E-state index contributed by atoms with van der Waals surface area (Å²) in [6.45, 7) is 10.8. The number of fused-ring (bicyclic) bond motifs is 3. The quantitative estimate of drug-likeness (QED) is 0.740. The van der Waals surface area contributed by atoms with Gasteiger partial charge in [-0.15, -0.1) is 0 Å². The fraction of sp³-hybridized carbons (Fsp3) is 1.00. The molecule has 0 spiro atoms. The van der Waals surface area contributed by atoms with E-state index >= 15 is 0 Å². The Bertz CT molecular complexity index is 515. The average molecular weight is 344 g/mol. The number of hydrogen-bond donors (Lipinski definition) is 1. The second-order valence-electron chi connectivity index (χ2n) is 8.00. The van der Waals surface area contributed by atoms with Gasteiger partial charge >= 0.3 is 0 Å². The zero-order chi connectivity index (χ0) is 17.3. The van der Waals surface area contributed by atoms with Crippen LogP contribution in [0.25, 0.3) is 0 Å². The molecule has 6 atom stereocenters. The van der Waals surface area contributed by atoms with Crippen LogP contribution in [0, 0.1) is 0 Å². The highest BCUT2D eigenvalue weighted by Gasteiger charge is 2.71. The standard InChI is InChI=1S/C16H28N2O6/c1-9-7-17-13(23-18(9)6)16-12(22-15(4,5)24-16)11-10(20-16)8-19-14(2,3)21-11/h9-13,17H,7-8H2,1-6H3/t9-,10-,11+,12-,13+,16+/m0/s1. The molecule has 4 heterocycles. The lowest BCUT2D eigenvalue weighted by Gasteiger charge is -2.42. The molecule has 8 nitrogen and oxygen atoms in total. The molecule has 4 fully saturated rings. The first-order valence-electron chi connectivity index (χ1n) is 8.62. The lowest BCUT2D eigenvalue weighted by atomic mass is 10.0. The van der Waals surface area contributed by atoms with E-state index in [-0.39, 0.29) is 18.2 Å². The van der Waals surface area contributed by atoms with Crippen molar-refractivity contribution in [3.05, 3.63) is 0 Å². The van der Waals surface area contributed by atoms with Crippen molar-refractivity contribution in [3.8, 4) is 0 Å². The van der Waals surface area contributed by atoms with E-state index < -0.39 is 29.7 Å². The number of hydroxylamine groups is 2. The molecular formula is C16H28N2O6. The summed E-state index contributed by atoms with van der Waals surface area (Å²) in [6.07, 6.45) is -1.41. The summed E-state index contributed by atoms with van der Waals surface area (Å²) in [5, 5.41) is 5.21. The van der Waals surface area contributed by atoms with Gasteiger partial charge in [0, 0.05) is 19.6 Å². The van der Waals surface area contributed by atoms with Gasteiger partial charge in [0.25, 0.3) is 0 Å². The maximum absolute atomic E-state index is 6.32. The Morgan fingerprint density at radius 2 is 1.79 bits per heavy atom. The molecule has 0 bridgehead atoms. The molecule has 138 valence electrons. The Labute approximate surface area is 142 Å². The van der Waals surface area contributed by atoms with Crippen LogP contribution in [0.4, 0.5) is 0 Å². The van der Waals surface area contributed by atoms with Crippen LogP contribution < -0.4 is 5.32 Å². The van der Waals surface area contributed by atoms with Crippen molar-refractivity contribution in [2.75, 3.05) is 20.2 Å². The van der Waals surface area contributed by atoms with Gasteiger partial charge in [-0.25, -0.2) is 0 Å². The Balaban J connectivity index is 1.64. The van der Waals surface area contributed by atoms with Crippen LogP contribution in [-0.4, -0.2) is 73.2 Å². The second kappa shape index (κ2) is 5.34. The van der Waals surface area contributed by atoms with Crippen LogP contribution >= 0.6 is 0 Å². The molecule has 4 aliphatic rings. The summed E-state index contributed by atoms with van der Waals surface area (Å²) in [5.74, 6) is -2.53. The molecule has 4 rings (SSSR count). The van der Waals surface area contributed by atoms with E-state index in [1.807, 2.05) is 39.8 Å². The molecule has 4 saturated heterocycles. The Hall–Kier alpha value is -0.320. The molecule has 0 aliphatic carbocycles. The topological polar surface area (TPSA) is 70.7 Å². The Morgan fingerprint density at radius 3 is 2.50 bits per heavy atom. The predicted octanol–water partition coefficient (Wildman–Crippen LogP) is 0.566. The summed E-state index contributed by atoms with van der Waals surface area (Å²) >= 11 is 0. The van der Waals surface area contributed by atoms with Crippen LogP contribution in [0.1, 0.15) is 34.6 Å². The van der Waals surface area contributed by atoms with Crippen LogP contribution in [0.5, 0.6) is 0 Å². The number of rotatable bonds is 1. The molecule has 1 N–H and O–H groups in total. The van der Waals surface area contributed by atoms with Gasteiger partial charge < -0.3 is 23.7 Å². The van der Waals surface area contributed by atoms with E-state index in [0.717, 1.165) is 6.54 Å². The van der Waals surface area contributed by atoms with Crippen molar-refractivity contribution in [2.45, 2.75) is 82.6 Å². The minimum absolute atomic E-state index is 0.255. The summed E-state index contributed by atoms with van der Waals surface area (Å²) in [7, 11) is 1.91. The molecule has 0 amide bonds. The van der Waals surface area contributed by atoms with Crippen molar-refractivity contribution in [3.63, 3.8) is 0 Å². The van der Waals surface area contributed by atoms with E-state index in [2.05, 4.69) is 12.2 Å². The number of nitrogens with one attached hydrogen (secondary N) is 1. The minimum atomic E-state index is -1.07. The third-order valence-electron chi connectivity index (χ3n) is 5.08. The largest absolute Gasteiger partial charge is 0.348 e. The maximum Gasteiger partial charge on any atom is 0.243 e. The van der Waals surface area contributed by atoms with Gasteiger partial charge in [0.2, 0.25) is 5.79 Å². The van der Waals surface area contributed by atoms with E-state index in [1.54, 1.807) is 0 Å². The van der Waals surface area contributed by atoms with Gasteiger partial charge in [-0.3, -0.25) is 10.2 Å². The molecule has 4 aliphatic heterocycles. The van der Waals surface area contributed by atoms with Crippen molar-refractivity contribution in [2.24, 2.45) is 0 Å². The Morgan fingerprint density at radius 1 is 1.04 bits per heavy atom. The molecule has 0 saturated carbocycles. The maximum atomic E-state index is 6.32. The van der Waals surface area contributed by atoms with Gasteiger partial charge in [0.1, 0.15) is 18.3 Å². The fourth-order valence-electron chi connectivity index (χ4n) is 3.84. The molecule has 0 unspecified atom stereocenters. The molecule has 0 radical (unpaired) electrons. The number of ether oxygens (including phenoxy) is 5. The van der Waals surface area contributed by atoms with Gasteiger partial charge in [-0.1, -0.05) is 0 Å². The normalized spacial score (nSPS) is 50.5. The average Bonchev–Trinajstić information content (AvgIpc) is 2.90. The van der Waals surface area contributed by atoms with E-state index in [4.69, 9.17) is 28.5 Å². The highest BCUT2D eigenvalue weighted by molar-refractivity contribution is 5.08. The molecule has 0 aromatic heterocycles. The number of nitrogens with zero attached hydrogens (tertiary/aromatic N) is 1. The van der Waals surface area contributed by atoms with Gasteiger partial charge in [0.15, 0.2) is 17.8 Å². The van der Waals surface area contributed by atoms with E-state index in [0.29, 0.717) is 6.61 Å². The van der Waals surface area contributed by atoms with Gasteiger partial charge in [0.05, 0.1) is 6.61 Å². The third kappa shape index (κ3) is 2.60. The first-order valence-corrected chi connectivity index (χ1v) is 8.62. The molecule has 8 heteroatoms. The summed E-state index contributed by atoms with van der Waals surface area (Å²) in [4.78, 5) is 6.03. The highest BCUT2D eigenvalue weighted by atomic mass is 16.9. The van der Waals surface area contributed by atoms with Crippen molar-refractivity contribution in [1.82, 2.24) is 10.4 Å². The zero-order valence-corrected chi connectivity index (χ0v) is 15.2. The monoisotopic (exact) mass is 344 g/mol. The molecule has 24 heavy (non-hydrogen) atoms. The van der Waals surface area contributed by atoms with Crippen LogP contribution in [-0.2, 0) is 28.5 Å². The zero-order valence-electron chi connectivity index (χ0n) is 15.2. The van der Waals surface area contributed by atoms with Gasteiger partial charge in [-0.2, -0.15) is 5.06 Å². The van der Waals surface area contributed by atoms with Crippen LogP contribution in [0.15, 0.2) is 0 Å². The first kappa shape index (κ1) is 17.1. The third-order valence-corrected chi connectivity index (χ3v) is 5.08.